The summed E-state index contributed by atoms with van der Waals surface area (Å²) in [4.78, 5) is 4.53. The van der Waals surface area contributed by atoms with Gasteiger partial charge in [0.1, 0.15) is 5.52 Å². The molecule has 1 aliphatic rings. The molecule has 1 heterocycles. The van der Waals surface area contributed by atoms with Gasteiger partial charge in [-0.05, 0) is 55.5 Å². The Labute approximate surface area is 141 Å². The summed E-state index contributed by atoms with van der Waals surface area (Å²) in [6.07, 6.45) is 4.68. The Morgan fingerprint density at radius 3 is 2.71 bits per heavy atom. The zero-order chi connectivity index (χ0) is 16.4. The van der Waals surface area contributed by atoms with E-state index in [1.165, 1.54) is 6.42 Å². The Balaban J connectivity index is 1.42. The molecule has 2 aromatic carbocycles. The van der Waals surface area contributed by atoms with E-state index in [-0.39, 0.29) is 0 Å². The van der Waals surface area contributed by atoms with Crippen LogP contribution in [0, 0.1) is 0 Å². The van der Waals surface area contributed by atoms with Crippen LogP contribution in [0.3, 0.4) is 0 Å². The third kappa shape index (κ3) is 3.35. The third-order valence-electron chi connectivity index (χ3n) is 4.65. The van der Waals surface area contributed by atoms with Crippen LogP contribution in [0.5, 0.6) is 0 Å². The summed E-state index contributed by atoms with van der Waals surface area (Å²) in [6, 6.07) is 16.3. The zero-order valence-corrected chi connectivity index (χ0v) is 13.7. The van der Waals surface area contributed by atoms with E-state index >= 15 is 0 Å². The van der Waals surface area contributed by atoms with Gasteiger partial charge in [-0.25, -0.2) is 4.98 Å². The molecule has 0 spiro atoms. The molecule has 1 saturated carbocycles. The highest BCUT2D eigenvalue weighted by atomic mass is 16.5. The van der Waals surface area contributed by atoms with Crippen LogP contribution in [0.1, 0.15) is 31.2 Å². The van der Waals surface area contributed by atoms with E-state index in [1.807, 2.05) is 36.4 Å². The molecule has 0 radical (unpaired) electrons. The van der Waals surface area contributed by atoms with Crippen LogP contribution >= 0.6 is 0 Å². The molecule has 0 saturated heterocycles. The monoisotopic (exact) mass is 322 g/mol. The lowest BCUT2D eigenvalue weighted by atomic mass is 9.93. The summed E-state index contributed by atoms with van der Waals surface area (Å²) in [6.45, 7) is 0.630. The summed E-state index contributed by atoms with van der Waals surface area (Å²) in [5.74, 6) is 0.655. The molecule has 1 aromatic heterocycles. The van der Waals surface area contributed by atoms with Gasteiger partial charge in [-0.1, -0.05) is 24.3 Å². The van der Waals surface area contributed by atoms with Crippen molar-refractivity contribution in [2.24, 2.45) is 5.73 Å². The van der Waals surface area contributed by atoms with Gasteiger partial charge >= 0.3 is 0 Å². The normalized spacial score (nSPS) is 21.2. The molecule has 0 bridgehead atoms. The van der Waals surface area contributed by atoms with Crippen molar-refractivity contribution in [3.8, 4) is 11.5 Å². The van der Waals surface area contributed by atoms with Crippen molar-refractivity contribution in [1.29, 1.82) is 0 Å². The summed E-state index contributed by atoms with van der Waals surface area (Å²) < 4.78 is 11.8. The van der Waals surface area contributed by atoms with Gasteiger partial charge < -0.3 is 14.9 Å². The van der Waals surface area contributed by atoms with Gasteiger partial charge in [0.05, 0.1) is 12.7 Å². The smallest absolute Gasteiger partial charge is 0.227 e. The minimum atomic E-state index is 0.297. The summed E-state index contributed by atoms with van der Waals surface area (Å²) in [5.41, 5.74) is 9.85. The Morgan fingerprint density at radius 2 is 1.92 bits per heavy atom. The number of aromatic nitrogens is 1. The Hall–Kier alpha value is -2.17. The molecule has 0 aliphatic heterocycles. The van der Waals surface area contributed by atoms with E-state index in [0.717, 1.165) is 41.5 Å². The predicted molar refractivity (Wildman–Crippen MR) is 94.5 cm³/mol. The number of ether oxygens (including phenoxy) is 1. The van der Waals surface area contributed by atoms with E-state index in [2.05, 4.69) is 17.1 Å². The number of nitrogens with two attached hydrogens (primary N) is 1. The number of nitrogens with zero attached hydrogens (tertiary/aromatic N) is 1. The second kappa shape index (κ2) is 6.75. The molecule has 1 fully saturated rings. The van der Waals surface area contributed by atoms with Gasteiger partial charge in [0.2, 0.25) is 5.89 Å². The van der Waals surface area contributed by atoms with E-state index in [9.17, 15) is 0 Å². The molecule has 0 unspecified atom stereocenters. The maximum absolute atomic E-state index is 6.01. The summed E-state index contributed by atoms with van der Waals surface area (Å²) >= 11 is 0. The van der Waals surface area contributed by atoms with E-state index in [1.54, 1.807) is 0 Å². The third-order valence-corrected chi connectivity index (χ3v) is 4.65. The topological polar surface area (TPSA) is 61.3 Å². The minimum Gasteiger partial charge on any atom is -0.436 e. The van der Waals surface area contributed by atoms with Crippen molar-refractivity contribution in [1.82, 2.24) is 4.98 Å². The fourth-order valence-corrected chi connectivity index (χ4v) is 3.29. The molecular formula is C20H22N2O2. The van der Waals surface area contributed by atoms with Crippen LogP contribution in [0.25, 0.3) is 22.6 Å². The Morgan fingerprint density at radius 1 is 1.08 bits per heavy atom. The SMILES string of the molecule is N[C@H]1CCC[C@H](OCc2ccc(-c3nc4ccccc4o3)cc2)C1. The van der Waals surface area contributed by atoms with Crippen LogP contribution in [-0.4, -0.2) is 17.1 Å². The molecule has 4 heteroatoms. The largest absolute Gasteiger partial charge is 0.436 e. The van der Waals surface area contributed by atoms with Crippen molar-refractivity contribution in [3.05, 3.63) is 54.1 Å². The average Bonchev–Trinajstić information content (AvgIpc) is 3.05. The number of rotatable bonds is 4. The fourth-order valence-electron chi connectivity index (χ4n) is 3.29. The lowest BCUT2D eigenvalue weighted by Gasteiger charge is -2.26. The molecule has 3 aromatic rings. The fraction of sp³-hybridized carbons (Fsp3) is 0.350. The van der Waals surface area contributed by atoms with E-state index in [4.69, 9.17) is 14.9 Å². The molecular weight excluding hydrogens is 300 g/mol. The molecule has 124 valence electrons. The van der Waals surface area contributed by atoms with Crippen molar-refractivity contribution in [3.63, 3.8) is 0 Å². The number of hydrogen-bond donors (Lipinski definition) is 1. The average molecular weight is 322 g/mol. The zero-order valence-electron chi connectivity index (χ0n) is 13.7. The van der Waals surface area contributed by atoms with Crippen molar-refractivity contribution >= 4 is 11.1 Å². The predicted octanol–water partition coefficient (Wildman–Crippen LogP) is 4.28. The maximum atomic E-state index is 6.01. The maximum Gasteiger partial charge on any atom is 0.227 e. The molecule has 2 N–H and O–H groups in total. The van der Waals surface area contributed by atoms with Crippen molar-refractivity contribution in [2.75, 3.05) is 0 Å². The highest BCUT2D eigenvalue weighted by Crippen LogP contribution is 2.25. The van der Waals surface area contributed by atoms with Crippen LogP contribution in [0.4, 0.5) is 0 Å². The van der Waals surface area contributed by atoms with Gasteiger partial charge in [-0.15, -0.1) is 0 Å². The van der Waals surface area contributed by atoms with Gasteiger partial charge in [0, 0.05) is 11.6 Å². The van der Waals surface area contributed by atoms with Gasteiger partial charge in [0.15, 0.2) is 5.58 Å². The number of benzene rings is 2. The quantitative estimate of drug-likeness (QED) is 0.778. The Kier molecular flexibility index (Phi) is 4.32. The van der Waals surface area contributed by atoms with Crippen LogP contribution in [0.15, 0.2) is 52.9 Å². The summed E-state index contributed by atoms with van der Waals surface area (Å²) in [5, 5.41) is 0. The van der Waals surface area contributed by atoms with Crippen LogP contribution in [0.2, 0.25) is 0 Å². The number of hydrogen-bond acceptors (Lipinski definition) is 4. The molecule has 24 heavy (non-hydrogen) atoms. The summed E-state index contributed by atoms with van der Waals surface area (Å²) in [7, 11) is 0. The van der Waals surface area contributed by atoms with Gasteiger partial charge in [-0.2, -0.15) is 0 Å². The molecule has 4 rings (SSSR count). The second-order valence-corrected chi connectivity index (χ2v) is 6.54. The number of para-hydroxylation sites is 2. The Bertz CT molecular complexity index is 777. The molecule has 0 amide bonds. The molecule has 2 atom stereocenters. The van der Waals surface area contributed by atoms with Gasteiger partial charge in [-0.3, -0.25) is 0 Å². The minimum absolute atomic E-state index is 0.297. The van der Waals surface area contributed by atoms with Gasteiger partial charge in [0.25, 0.3) is 0 Å². The highest BCUT2D eigenvalue weighted by molar-refractivity contribution is 5.75. The lowest BCUT2D eigenvalue weighted by molar-refractivity contribution is 0.0123. The molecule has 1 aliphatic carbocycles. The van der Waals surface area contributed by atoms with Crippen LogP contribution < -0.4 is 5.73 Å². The second-order valence-electron chi connectivity index (χ2n) is 6.54. The highest BCUT2D eigenvalue weighted by Gasteiger charge is 2.19. The standard InChI is InChI=1S/C20H22N2O2/c21-16-4-3-5-17(12-16)23-13-14-8-10-15(11-9-14)20-22-18-6-1-2-7-19(18)24-20/h1-2,6-11,16-17H,3-5,12-13,21H2/t16-,17-/m0/s1. The number of oxazole rings is 1. The first-order chi connectivity index (χ1) is 11.8. The van der Waals surface area contributed by atoms with Crippen molar-refractivity contribution < 1.29 is 9.15 Å². The van der Waals surface area contributed by atoms with Crippen molar-refractivity contribution in [2.45, 2.75) is 44.4 Å². The first-order valence-electron chi connectivity index (χ1n) is 8.60. The van der Waals surface area contributed by atoms with Crippen LogP contribution in [-0.2, 0) is 11.3 Å². The first-order valence-corrected chi connectivity index (χ1v) is 8.60. The van der Waals surface area contributed by atoms with E-state index < -0.39 is 0 Å². The lowest BCUT2D eigenvalue weighted by Crippen LogP contribution is -2.32. The molecule has 4 nitrogen and oxygen atoms in total. The first kappa shape index (κ1) is 15.4. The number of fused-ring (bicyclic) bond motifs is 1. The van der Waals surface area contributed by atoms with E-state index in [0.29, 0.717) is 24.6 Å².